The first-order valence-electron chi connectivity index (χ1n) is 8.07. The average molecular weight is 288 g/mol. The standard InChI is InChI=1S/C17H24N2O2/c20-14-7-6-13-4-3-5-16(15(13)12-14)18-9-8-17(21)19-10-1-2-11-19/h6-7,12,16,18,20H,1-5,8-11H2. The van der Waals surface area contributed by atoms with E-state index in [1.54, 1.807) is 6.07 Å². The number of carbonyl (C=O) groups excluding carboxylic acids is 1. The van der Waals surface area contributed by atoms with Crippen LogP contribution < -0.4 is 5.32 Å². The largest absolute Gasteiger partial charge is 0.508 e. The molecule has 0 saturated carbocycles. The molecular weight excluding hydrogens is 264 g/mol. The van der Waals surface area contributed by atoms with Gasteiger partial charge in [-0.2, -0.15) is 0 Å². The fourth-order valence-corrected chi connectivity index (χ4v) is 3.48. The van der Waals surface area contributed by atoms with Crippen LogP contribution in [0.1, 0.15) is 49.3 Å². The number of benzene rings is 1. The van der Waals surface area contributed by atoms with E-state index in [0.717, 1.165) is 51.7 Å². The van der Waals surface area contributed by atoms with Crippen molar-refractivity contribution in [3.63, 3.8) is 0 Å². The quantitative estimate of drug-likeness (QED) is 0.894. The Morgan fingerprint density at radius 2 is 2.10 bits per heavy atom. The molecular formula is C17H24N2O2. The van der Waals surface area contributed by atoms with Gasteiger partial charge in [-0.15, -0.1) is 0 Å². The van der Waals surface area contributed by atoms with E-state index in [9.17, 15) is 9.90 Å². The van der Waals surface area contributed by atoms with Crippen molar-refractivity contribution in [3.05, 3.63) is 29.3 Å². The monoisotopic (exact) mass is 288 g/mol. The molecule has 1 aromatic carbocycles. The number of hydrogen-bond donors (Lipinski definition) is 2. The van der Waals surface area contributed by atoms with Crippen LogP contribution in [0.4, 0.5) is 0 Å². The van der Waals surface area contributed by atoms with Crippen molar-refractivity contribution in [3.8, 4) is 5.75 Å². The Morgan fingerprint density at radius 1 is 1.29 bits per heavy atom. The molecule has 1 saturated heterocycles. The third-order valence-corrected chi connectivity index (χ3v) is 4.63. The zero-order valence-electron chi connectivity index (χ0n) is 12.5. The molecule has 4 nitrogen and oxygen atoms in total. The predicted octanol–water partition coefficient (Wildman–Crippen LogP) is 2.37. The number of rotatable bonds is 4. The maximum Gasteiger partial charge on any atom is 0.223 e. The molecule has 1 aliphatic heterocycles. The Morgan fingerprint density at radius 3 is 2.90 bits per heavy atom. The molecule has 0 bridgehead atoms. The number of aryl methyl sites for hydroxylation is 1. The van der Waals surface area contributed by atoms with E-state index in [-0.39, 0.29) is 11.9 Å². The van der Waals surface area contributed by atoms with Gasteiger partial charge in [0.25, 0.3) is 0 Å². The van der Waals surface area contributed by atoms with Crippen LogP contribution in [-0.4, -0.2) is 35.5 Å². The van der Waals surface area contributed by atoms with Crippen LogP contribution >= 0.6 is 0 Å². The topological polar surface area (TPSA) is 52.6 Å². The lowest BCUT2D eigenvalue weighted by Gasteiger charge is -2.27. The van der Waals surface area contributed by atoms with E-state index in [2.05, 4.69) is 5.32 Å². The van der Waals surface area contributed by atoms with Crippen LogP contribution in [0.5, 0.6) is 5.75 Å². The predicted molar refractivity (Wildman–Crippen MR) is 82.2 cm³/mol. The summed E-state index contributed by atoms with van der Waals surface area (Å²) < 4.78 is 0. The second-order valence-corrected chi connectivity index (χ2v) is 6.12. The minimum atomic E-state index is 0.270. The Labute approximate surface area is 126 Å². The van der Waals surface area contributed by atoms with Crippen LogP contribution in [0.2, 0.25) is 0 Å². The summed E-state index contributed by atoms with van der Waals surface area (Å²) in [5.74, 6) is 0.600. The number of fused-ring (bicyclic) bond motifs is 1. The number of nitrogens with one attached hydrogen (secondary N) is 1. The van der Waals surface area contributed by atoms with Crippen molar-refractivity contribution in [1.29, 1.82) is 0 Å². The second kappa shape index (κ2) is 6.48. The number of aromatic hydroxyl groups is 1. The molecule has 2 N–H and O–H groups in total. The number of hydrogen-bond acceptors (Lipinski definition) is 3. The molecule has 3 rings (SSSR count). The molecule has 1 amide bonds. The summed E-state index contributed by atoms with van der Waals surface area (Å²) in [6, 6.07) is 5.92. The fraction of sp³-hybridized carbons (Fsp3) is 0.588. The summed E-state index contributed by atoms with van der Waals surface area (Å²) in [6.45, 7) is 2.58. The van der Waals surface area contributed by atoms with Crippen LogP contribution in [0, 0.1) is 0 Å². The van der Waals surface area contributed by atoms with E-state index in [1.807, 2.05) is 17.0 Å². The number of carbonyl (C=O) groups is 1. The van der Waals surface area contributed by atoms with Gasteiger partial charge < -0.3 is 15.3 Å². The van der Waals surface area contributed by atoms with Crippen LogP contribution in [0.25, 0.3) is 0 Å². The van der Waals surface area contributed by atoms with E-state index in [1.165, 1.54) is 11.1 Å². The minimum absolute atomic E-state index is 0.270. The van der Waals surface area contributed by atoms with Crippen molar-refractivity contribution in [2.45, 2.75) is 44.6 Å². The van der Waals surface area contributed by atoms with Crippen molar-refractivity contribution in [1.82, 2.24) is 10.2 Å². The average Bonchev–Trinajstić information content (AvgIpc) is 3.02. The minimum Gasteiger partial charge on any atom is -0.508 e. The highest BCUT2D eigenvalue weighted by atomic mass is 16.3. The normalized spacial score (nSPS) is 21.3. The van der Waals surface area contributed by atoms with Gasteiger partial charge in [-0.05, 0) is 55.4 Å². The van der Waals surface area contributed by atoms with E-state index < -0.39 is 0 Å². The van der Waals surface area contributed by atoms with Gasteiger partial charge in [-0.3, -0.25) is 4.79 Å². The summed E-state index contributed by atoms with van der Waals surface area (Å²) in [5, 5.41) is 13.2. The van der Waals surface area contributed by atoms with Crippen molar-refractivity contribution >= 4 is 5.91 Å². The molecule has 2 aliphatic rings. The zero-order valence-corrected chi connectivity index (χ0v) is 12.5. The van der Waals surface area contributed by atoms with Crippen LogP contribution in [-0.2, 0) is 11.2 Å². The van der Waals surface area contributed by atoms with Gasteiger partial charge in [-0.1, -0.05) is 6.07 Å². The van der Waals surface area contributed by atoms with Gasteiger partial charge >= 0.3 is 0 Å². The number of likely N-dealkylation sites (tertiary alicyclic amines) is 1. The zero-order chi connectivity index (χ0) is 14.7. The van der Waals surface area contributed by atoms with Crippen molar-refractivity contribution < 1.29 is 9.90 Å². The second-order valence-electron chi connectivity index (χ2n) is 6.12. The fourth-order valence-electron chi connectivity index (χ4n) is 3.48. The lowest BCUT2D eigenvalue weighted by Crippen LogP contribution is -2.32. The lowest BCUT2D eigenvalue weighted by atomic mass is 9.87. The van der Waals surface area contributed by atoms with E-state index in [0.29, 0.717) is 12.2 Å². The molecule has 1 unspecified atom stereocenters. The highest BCUT2D eigenvalue weighted by Crippen LogP contribution is 2.32. The maximum atomic E-state index is 12.0. The SMILES string of the molecule is O=C(CCNC1CCCc2ccc(O)cc21)N1CCCC1. The summed E-state index contributed by atoms with van der Waals surface area (Å²) >= 11 is 0. The summed E-state index contributed by atoms with van der Waals surface area (Å²) in [6.07, 6.45) is 6.19. The first-order chi connectivity index (χ1) is 10.2. The number of phenols is 1. The Bertz CT molecular complexity index is 510. The maximum absolute atomic E-state index is 12.0. The molecule has 114 valence electrons. The van der Waals surface area contributed by atoms with Gasteiger partial charge in [0, 0.05) is 32.1 Å². The smallest absolute Gasteiger partial charge is 0.223 e. The van der Waals surface area contributed by atoms with Gasteiger partial charge in [0.2, 0.25) is 5.91 Å². The Balaban J connectivity index is 1.54. The van der Waals surface area contributed by atoms with Crippen molar-refractivity contribution in [2.24, 2.45) is 0 Å². The number of amides is 1. The Kier molecular flexibility index (Phi) is 4.44. The first kappa shape index (κ1) is 14.4. The highest BCUT2D eigenvalue weighted by molar-refractivity contribution is 5.76. The molecule has 0 radical (unpaired) electrons. The molecule has 0 spiro atoms. The van der Waals surface area contributed by atoms with Gasteiger partial charge in [0.1, 0.15) is 5.75 Å². The van der Waals surface area contributed by atoms with E-state index in [4.69, 9.17) is 0 Å². The summed E-state index contributed by atoms with van der Waals surface area (Å²) in [7, 11) is 0. The summed E-state index contributed by atoms with van der Waals surface area (Å²) in [5.41, 5.74) is 2.53. The molecule has 0 aromatic heterocycles. The lowest BCUT2D eigenvalue weighted by molar-refractivity contribution is -0.130. The third kappa shape index (κ3) is 3.38. The summed E-state index contributed by atoms with van der Waals surface area (Å²) in [4.78, 5) is 14.0. The highest BCUT2D eigenvalue weighted by Gasteiger charge is 2.21. The van der Waals surface area contributed by atoms with Crippen LogP contribution in [0.15, 0.2) is 18.2 Å². The van der Waals surface area contributed by atoms with Gasteiger partial charge in [-0.25, -0.2) is 0 Å². The molecule has 1 fully saturated rings. The van der Waals surface area contributed by atoms with Crippen molar-refractivity contribution in [2.75, 3.05) is 19.6 Å². The van der Waals surface area contributed by atoms with Gasteiger partial charge in [0.15, 0.2) is 0 Å². The van der Waals surface area contributed by atoms with Crippen LogP contribution in [0.3, 0.4) is 0 Å². The van der Waals surface area contributed by atoms with Gasteiger partial charge in [0.05, 0.1) is 0 Å². The first-order valence-corrected chi connectivity index (χ1v) is 8.07. The number of nitrogens with zero attached hydrogens (tertiary/aromatic N) is 1. The molecule has 1 aromatic rings. The third-order valence-electron chi connectivity index (χ3n) is 4.63. The molecule has 1 atom stereocenters. The molecule has 1 aliphatic carbocycles. The van der Waals surface area contributed by atoms with E-state index >= 15 is 0 Å². The molecule has 21 heavy (non-hydrogen) atoms. The number of phenolic OH excluding ortho intramolecular Hbond substituents is 1. The molecule has 1 heterocycles. The molecule has 4 heteroatoms. The Hall–Kier alpha value is -1.55.